The molecular weight excluding hydrogens is 287 g/mol. The molecule has 5 heteroatoms. The van der Waals surface area contributed by atoms with Gasteiger partial charge in [0.15, 0.2) is 0 Å². The Morgan fingerprint density at radius 2 is 2.10 bits per heavy atom. The highest BCUT2D eigenvalue weighted by molar-refractivity contribution is 7.09. The lowest BCUT2D eigenvalue weighted by Gasteiger charge is -2.22. The normalized spacial score (nSPS) is 10.4. The number of anilines is 1. The summed E-state index contributed by atoms with van der Waals surface area (Å²) in [5, 5.41) is 4.93. The van der Waals surface area contributed by atoms with E-state index in [0.29, 0.717) is 25.2 Å². The number of carbonyl (C=O) groups is 1. The first-order chi connectivity index (χ1) is 10.2. The van der Waals surface area contributed by atoms with Gasteiger partial charge in [-0.25, -0.2) is 4.39 Å². The molecule has 2 aromatic rings. The fourth-order valence-electron chi connectivity index (χ4n) is 2.15. The van der Waals surface area contributed by atoms with Gasteiger partial charge in [0.2, 0.25) is 0 Å². The summed E-state index contributed by atoms with van der Waals surface area (Å²) < 4.78 is 13.9. The van der Waals surface area contributed by atoms with Crippen molar-refractivity contribution in [2.45, 2.75) is 20.4 Å². The Kier molecular flexibility index (Phi) is 5.33. The zero-order chi connectivity index (χ0) is 15.2. The molecule has 2 rings (SSSR count). The lowest BCUT2D eigenvalue weighted by atomic mass is 10.1. The Morgan fingerprint density at radius 3 is 2.71 bits per heavy atom. The molecule has 1 heterocycles. The standard InChI is InChI=1S/C16H19FN2OS/c1-3-18-15-13(8-5-9-14(15)17)16(20)19(4-2)11-12-7-6-10-21-12/h5-10,18H,3-4,11H2,1-2H3. The summed E-state index contributed by atoms with van der Waals surface area (Å²) in [7, 11) is 0. The van der Waals surface area contributed by atoms with E-state index in [1.54, 1.807) is 28.4 Å². The molecule has 0 aliphatic rings. The summed E-state index contributed by atoms with van der Waals surface area (Å²) in [6, 6.07) is 8.56. The maximum absolute atomic E-state index is 13.9. The monoisotopic (exact) mass is 306 g/mol. The number of amides is 1. The van der Waals surface area contributed by atoms with E-state index in [-0.39, 0.29) is 11.6 Å². The smallest absolute Gasteiger partial charge is 0.256 e. The van der Waals surface area contributed by atoms with Gasteiger partial charge in [-0.05, 0) is 37.4 Å². The minimum Gasteiger partial charge on any atom is -0.382 e. The molecule has 1 N–H and O–H groups in total. The second-order valence-corrected chi connectivity index (χ2v) is 5.62. The molecular formula is C16H19FN2OS. The van der Waals surface area contributed by atoms with Crippen molar-refractivity contribution in [1.29, 1.82) is 0 Å². The molecule has 0 saturated heterocycles. The first kappa shape index (κ1) is 15.5. The first-order valence-electron chi connectivity index (χ1n) is 7.01. The molecule has 0 atom stereocenters. The Bertz CT molecular complexity index is 598. The molecule has 0 unspecified atom stereocenters. The van der Waals surface area contributed by atoms with E-state index >= 15 is 0 Å². The van der Waals surface area contributed by atoms with Gasteiger partial charge in [0, 0.05) is 18.0 Å². The van der Waals surface area contributed by atoms with E-state index in [9.17, 15) is 9.18 Å². The molecule has 0 saturated carbocycles. The van der Waals surface area contributed by atoms with Gasteiger partial charge in [-0.3, -0.25) is 4.79 Å². The summed E-state index contributed by atoms with van der Waals surface area (Å²) in [6.45, 7) is 5.51. The number of carbonyl (C=O) groups excluding carboxylic acids is 1. The summed E-state index contributed by atoms with van der Waals surface area (Å²) in [6.07, 6.45) is 0. The zero-order valence-corrected chi connectivity index (χ0v) is 13.0. The van der Waals surface area contributed by atoms with Gasteiger partial charge in [-0.2, -0.15) is 0 Å². The van der Waals surface area contributed by atoms with Crippen molar-refractivity contribution in [2.24, 2.45) is 0 Å². The molecule has 1 aromatic carbocycles. The second-order valence-electron chi connectivity index (χ2n) is 4.59. The fourth-order valence-corrected chi connectivity index (χ4v) is 2.87. The molecule has 21 heavy (non-hydrogen) atoms. The molecule has 0 aliphatic heterocycles. The third kappa shape index (κ3) is 3.61. The Hall–Kier alpha value is -1.88. The van der Waals surface area contributed by atoms with Crippen LogP contribution in [0.1, 0.15) is 29.1 Å². The predicted molar refractivity (Wildman–Crippen MR) is 85.3 cm³/mol. The molecule has 0 bridgehead atoms. The number of hydrogen-bond acceptors (Lipinski definition) is 3. The molecule has 112 valence electrons. The maximum atomic E-state index is 13.9. The first-order valence-corrected chi connectivity index (χ1v) is 7.89. The Balaban J connectivity index is 2.27. The highest BCUT2D eigenvalue weighted by atomic mass is 32.1. The Morgan fingerprint density at radius 1 is 1.29 bits per heavy atom. The number of rotatable bonds is 6. The van der Waals surface area contributed by atoms with Gasteiger partial charge >= 0.3 is 0 Å². The Labute approximate surface area is 128 Å². The van der Waals surface area contributed by atoms with Crippen molar-refractivity contribution < 1.29 is 9.18 Å². The van der Waals surface area contributed by atoms with Crippen LogP contribution in [0.25, 0.3) is 0 Å². The number of hydrogen-bond donors (Lipinski definition) is 1. The van der Waals surface area contributed by atoms with Crippen LogP contribution < -0.4 is 5.32 Å². The van der Waals surface area contributed by atoms with Gasteiger partial charge in [0.1, 0.15) is 5.82 Å². The number of nitrogens with zero attached hydrogens (tertiary/aromatic N) is 1. The number of nitrogens with one attached hydrogen (secondary N) is 1. The quantitative estimate of drug-likeness (QED) is 0.875. The van der Waals surface area contributed by atoms with E-state index in [0.717, 1.165) is 4.88 Å². The van der Waals surface area contributed by atoms with E-state index in [4.69, 9.17) is 0 Å². The van der Waals surface area contributed by atoms with Gasteiger partial charge in [0.25, 0.3) is 5.91 Å². The molecule has 0 fully saturated rings. The van der Waals surface area contributed by atoms with Crippen LogP contribution in [0.15, 0.2) is 35.7 Å². The minimum atomic E-state index is -0.394. The van der Waals surface area contributed by atoms with Crippen molar-refractivity contribution in [3.05, 3.63) is 52.0 Å². The summed E-state index contributed by atoms with van der Waals surface area (Å²) in [4.78, 5) is 15.5. The molecule has 0 radical (unpaired) electrons. The maximum Gasteiger partial charge on any atom is 0.256 e. The number of para-hydroxylation sites is 1. The fraction of sp³-hybridized carbons (Fsp3) is 0.312. The van der Waals surface area contributed by atoms with Gasteiger partial charge in [0.05, 0.1) is 17.8 Å². The van der Waals surface area contributed by atoms with Crippen molar-refractivity contribution in [1.82, 2.24) is 4.90 Å². The van der Waals surface area contributed by atoms with Crippen LogP contribution in [-0.2, 0) is 6.54 Å². The largest absolute Gasteiger partial charge is 0.382 e. The molecule has 0 aliphatic carbocycles. The van der Waals surface area contributed by atoms with Crippen molar-refractivity contribution in [3.63, 3.8) is 0 Å². The van der Waals surface area contributed by atoms with Crippen LogP contribution in [0.3, 0.4) is 0 Å². The van der Waals surface area contributed by atoms with Crippen LogP contribution in [0, 0.1) is 5.82 Å². The second kappa shape index (κ2) is 7.22. The van der Waals surface area contributed by atoms with Crippen LogP contribution in [-0.4, -0.2) is 23.9 Å². The average molecular weight is 306 g/mol. The molecule has 3 nitrogen and oxygen atoms in total. The van der Waals surface area contributed by atoms with Gasteiger partial charge in [-0.1, -0.05) is 12.1 Å². The number of benzene rings is 1. The lowest BCUT2D eigenvalue weighted by molar-refractivity contribution is 0.0754. The number of halogens is 1. The highest BCUT2D eigenvalue weighted by Gasteiger charge is 2.20. The van der Waals surface area contributed by atoms with E-state index in [1.807, 2.05) is 31.4 Å². The molecule has 0 spiro atoms. The molecule has 1 amide bonds. The average Bonchev–Trinajstić information content (AvgIpc) is 2.99. The van der Waals surface area contributed by atoms with Crippen molar-refractivity contribution in [3.8, 4) is 0 Å². The third-order valence-corrected chi connectivity index (χ3v) is 4.05. The van der Waals surface area contributed by atoms with E-state index < -0.39 is 5.82 Å². The zero-order valence-electron chi connectivity index (χ0n) is 12.2. The highest BCUT2D eigenvalue weighted by Crippen LogP contribution is 2.22. The topological polar surface area (TPSA) is 32.3 Å². The van der Waals surface area contributed by atoms with Crippen LogP contribution in [0.5, 0.6) is 0 Å². The molecule has 1 aromatic heterocycles. The summed E-state index contributed by atoms with van der Waals surface area (Å²) in [5.41, 5.74) is 0.671. The third-order valence-electron chi connectivity index (χ3n) is 3.19. The SMILES string of the molecule is CCNc1c(F)cccc1C(=O)N(CC)Cc1cccs1. The summed E-state index contributed by atoms with van der Waals surface area (Å²) in [5.74, 6) is -0.545. The van der Waals surface area contributed by atoms with E-state index in [1.165, 1.54) is 6.07 Å². The number of thiophene rings is 1. The van der Waals surface area contributed by atoms with Gasteiger partial charge < -0.3 is 10.2 Å². The van der Waals surface area contributed by atoms with E-state index in [2.05, 4.69) is 5.32 Å². The van der Waals surface area contributed by atoms with Crippen molar-refractivity contribution in [2.75, 3.05) is 18.4 Å². The van der Waals surface area contributed by atoms with Crippen LogP contribution in [0.4, 0.5) is 10.1 Å². The van der Waals surface area contributed by atoms with Gasteiger partial charge in [-0.15, -0.1) is 11.3 Å². The van der Waals surface area contributed by atoms with Crippen LogP contribution >= 0.6 is 11.3 Å². The summed E-state index contributed by atoms with van der Waals surface area (Å²) >= 11 is 1.61. The van der Waals surface area contributed by atoms with Crippen molar-refractivity contribution >= 4 is 22.9 Å². The minimum absolute atomic E-state index is 0.152. The lowest BCUT2D eigenvalue weighted by Crippen LogP contribution is -2.30. The van der Waals surface area contributed by atoms with Crippen LogP contribution in [0.2, 0.25) is 0 Å². The predicted octanol–water partition coefficient (Wildman–Crippen LogP) is 3.98.